The van der Waals surface area contributed by atoms with E-state index in [2.05, 4.69) is 6.07 Å². The third kappa shape index (κ3) is 1.72. The lowest BCUT2D eigenvalue weighted by Gasteiger charge is -2.06. The fourth-order valence-electron chi connectivity index (χ4n) is 2.22. The van der Waals surface area contributed by atoms with Crippen molar-refractivity contribution in [1.82, 2.24) is 0 Å². The molecule has 0 atom stereocenters. The Morgan fingerprint density at radius 2 is 2.00 bits per heavy atom. The Morgan fingerprint density at radius 3 is 2.88 bits per heavy atom. The molecule has 0 saturated carbocycles. The van der Waals surface area contributed by atoms with Gasteiger partial charge >= 0.3 is 0 Å². The van der Waals surface area contributed by atoms with Gasteiger partial charge in [-0.05, 0) is 28.8 Å². The highest BCUT2D eigenvalue weighted by Crippen LogP contribution is 2.31. The summed E-state index contributed by atoms with van der Waals surface area (Å²) in [5.41, 5.74) is 4.02. The zero-order chi connectivity index (χ0) is 11.7. The van der Waals surface area contributed by atoms with Crippen LogP contribution in [0.15, 0.2) is 42.5 Å². The summed E-state index contributed by atoms with van der Waals surface area (Å²) in [6.45, 7) is 0.758. The average Bonchev–Trinajstić information content (AvgIpc) is 2.85. The fourth-order valence-corrected chi connectivity index (χ4v) is 2.22. The van der Waals surface area contributed by atoms with Gasteiger partial charge in [0.2, 0.25) is 0 Å². The Labute approximate surface area is 99.9 Å². The molecule has 0 saturated heterocycles. The van der Waals surface area contributed by atoms with Gasteiger partial charge in [0.05, 0.1) is 6.61 Å². The van der Waals surface area contributed by atoms with Crippen LogP contribution in [0.25, 0.3) is 11.1 Å². The van der Waals surface area contributed by atoms with Gasteiger partial charge in [-0.25, -0.2) is 0 Å². The molecule has 0 radical (unpaired) electrons. The number of benzene rings is 2. The summed E-state index contributed by atoms with van der Waals surface area (Å²) in [6.07, 6.45) is 1.85. The van der Waals surface area contributed by atoms with Gasteiger partial charge < -0.3 is 4.74 Å². The Kier molecular flexibility index (Phi) is 2.41. The third-order valence-electron chi connectivity index (χ3n) is 3.09. The van der Waals surface area contributed by atoms with Crippen molar-refractivity contribution in [3.63, 3.8) is 0 Å². The summed E-state index contributed by atoms with van der Waals surface area (Å²) < 4.78 is 5.48. The van der Waals surface area contributed by atoms with Crippen molar-refractivity contribution in [2.45, 2.75) is 6.42 Å². The first-order chi connectivity index (χ1) is 8.38. The first-order valence-corrected chi connectivity index (χ1v) is 5.69. The molecule has 0 N–H and O–H groups in total. The summed E-state index contributed by atoms with van der Waals surface area (Å²) in [4.78, 5) is 11.0. The van der Waals surface area contributed by atoms with E-state index in [-0.39, 0.29) is 0 Å². The van der Waals surface area contributed by atoms with Crippen LogP contribution in [0.2, 0.25) is 0 Å². The highest BCUT2D eigenvalue weighted by atomic mass is 16.5. The molecule has 0 unspecified atom stereocenters. The van der Waals surface area contributed by atoms with E-state index in [4.69, 9.17) is 4.74 Å². The lowest BCUT2D eigenvalue weighted by Crippen LogP contribution is -1.87. The second kappa shape index (κ2) is 4.06. The largest absolute Gasteiger partial charge is 0.493 e. The van der Waals surface area contributed by atoms with E-state index in [1.165, 1.54) is 5.56 Å². The molecule has 0 aromatic heterocycles. The van der Waals surface area contributed by atoms with Crippen LogP contribution in [0, 0.1) is 0 Å². The predicted molar refractivity (Wildman–Crippen MR) is 66.5 cm³/mol. The van der Waals surface area contributed by atoms with Crippen LogP contribution in [0.4, 0.5) is 0 Å². The van der Waals surface area contributed by atoms with Crippen molar-refractivity contribution in [2.75, 3.05) is 6.61 Å². The zero-order valence-electron chi connectivity index (χ0n) is 9.35. The first-order valence-electron chi connectivity index (χ1n) is 5.69. The molecule has 2 aromatic carbocycles. The number of rotatable bonds is 2. The third-order valence-corrected chi connectivity index (χ3v) is 3.09. The van der Waals surface area contributed by atoms with Crippen molar-refractivity contribution in [1.29, 1.82) is 0 Å². The molecule has 2 nitrogen and oxygen atoms in total. The SMILES string of the molecule is O=Cc1ccccc1-c1ccc2c(c1)CCO2. The highest BCUT2D eigenvalue weighted by Gasteiger charge is 2.13. The van der Waals surface area contributed by atoms with Crippen LogP contribution < -0.4 is 4.74 Å². The number of carbonyl (C=O) groups excluding carboxylic acids is 1. The lowest BCUT2D eigenvalue weighted by molar-refractivity contribution is 0.112. The minimum atomic E-state index is 0.728. The van der Waals surface area contributed by atoms with Crippen LogP contribution in [0.5, 0.6) is 5.75 Å². The second-order valence-electron chi connectivity index (χ2n) is 4.13. The van der Waals surface area contributed by atoms with Crippen LogP contribution in [0.1, 0.15) is 15.9 Å². The van der Waals surface area contributed by atoms with Gasteiger partial charge in [-0.15, -0.1) is 0 Å². The van der Waals surface area contributed by atoms with Crippen LogP contribution in [-0.4, -0.2) is 12.9 Å². The van der Waals surface area contributed by atoms with Crippen molar-refractivity contribution < 1.29 is 9.53 Å². The van der Waals surface area contributed by atoms with Crippen LogP contribution in [0.3, 0.4) is 0 Å². The number of carbonyl (C=O) groups is 1. The highest BCUT2D eigenvalue weighted by molar-refractivity contribution is 5.87. The molecule has 3 rings (SSSR count). The molecule has 0 aliphatic carbocycles. The monoisotopic (exact) mass is 224 g/mol. The van der Waals surface area contributed by atoms with Gasteiger partial charge in [0.15, 0.2) is 6.29 Å². The minimum Gasteiger partial charge on any atom is -0.493 e. The second-order valence-corrected chi connectivity index (χ2v) is 4.13. The summed E-state index contributed by atoms with van der Waals surface area (Å²) in [6, 6.07) is 13.7. The molecular weight excluding hydrogens is 212 g/mol. The van der Waals surface area contributed by atoms with Crippen LogP contribution >= 0.6 is 0 Å². The minimum absolute atomic E-state index is 0.728. The molecule has 0 spiro atoms. The maximum atomic E-state index is 11.0. The summed E-state index contributed by atoms with van der Waals surface area (Å²) in [5, 5.41) is 0. The van der Waals surface area contributed by atoms with Crippen molar-refractivity contribution in [2.24, 2.45) is 0 Å². The van der Waals surface area contributed by atoms with Gasteiger partial charge in [0.25, 0.3) is 0 Å². The molecule has 17 heavy (non-hydrogen) atoms. The fraction of sp³-hybridized carbons (Fsp3) is 0.133. The zero-order valence-corrected chi connectivity index (χ0v) is 9.35. The summed E-state index contributed by atoms with van der Waals surface area (Å²) in [7, 11) is 0. The first kappa shape index (κ1) is 10.1. The molecule has 0 fully saturated rings. The van der Waals surface area contributed by atoms with E-state index in [1.807, 2.05) is 36.4 Å². The summed E-state index contributed by atoms with van der Waals surface area (Å²) in [5.74, 6) is 0.970. The number of fused-ring (bicyclic) bond motifs is 1. The molecule has 84 valence electrons. The maximum absolute atomic E-state index is 11.0. The predicted octanol–water partition coefficient (Wildman–Crippen LogP) is 3.10. The summed E-state index contributed by atoms with van der Waals surface area (Å²) >= 11 is 0. The molecule has 1 aliphatic heterocycles. The number of aldehydes is 1. The molecule has 0 amide bonds. The maximum Gasteiger partial charge on any atom is 0.150 e. The van der Waals surface area contributed by atoms with E-state index in [1.54, 1.807) is 0 Å². The van der Waals surface area contributed by atoms with E-state index >= 15 is 0 Å². The van der Waals surface area contributed by atoms with Crippen molar-refractivity contribution >= 4 is 6.29 Å². The van der Waals surface area contributed by atoms with Gasteiger partial charge in [0.1, 0.15) is 5.75 Å². The van der Waals surface area contributed by atoms with Gasteiger partial charge in [-0.1, -0.05) is 30.3 Å². The quantitative estimate of drug-likeness (QED) is 0.733. The van der Waals surface area contributed by atoms with Gasteiger partial charge in [-0.2, -0.15) is 0 Å². The Hall–Kier alpha value is -2.09. The number of ether oxygens (including phenoxy) is 1. The van der Waals surface area contributed by atoms with E-state index < -0.39 is 0 Å². The molecule has 2 heteroatoms. The standard InChI is InChI=1S/C15H12O2/c16-10-13-3-1-2-4-14(13)11-5-6-15-12(9-11)7-8-17-15/h1-6,9-10H,7-8H2. The normalized spacial score (nSPS) is 12.9. The lowest BCUT2D eigenvalue weighted by atomic mass is 9.98. The van der Waals surface area contributed by atoms with Crippen molar-refractivity contribution in [3.05, 3.63) is 53.6 Å². The Bertz CT molecular complexity index is 573. The van der Waals surface area contributed by atoms with Gasteiger partial charge in [0, 0.05) is 12.0 Å². The molecular formula is C15H12O2. The van der Waals surface area contributed by atoms with Crippen molar-refractivity contribution in [3.8, 4) is 16.9 Å². The Balaban J connectivity index is 2.12. The molecule has 1 aliphatic rings. The van der Waals surface area contributed by atoms with Crippen LogP contribution in [-0.2, 0) is 6.42 Å². The van der Waals surface area contributed by atoms with E-state index in [9.17, 15) is 4.79 Å². The smallest absolute Gasteiger partial charge is 0.150 e. The van der Waals surface area contributed by atoms with Gasteiger partial charge in [-0.3, -0.25) is 4.79 Å². The molecule has 0 bridgehead atoms. The molecule has 1 heterocycles. The number of hydrogen-bond acceptors (Lipinski definition) is 2. The molecule has 2 aromatic rings. The topological polar surface area (TPSA) is 26.3 Å². The van der Waals surface area contributed by atoms with E-state index in [0.717, 1.165) is 41.8 Å². The van der Waals surface area contributed by atoms with E-state index in [0.29, 0.717) is 0 Å². The average molecular weight is 224 g/mol. The number of hydrogen-bond donors (Lipinski definition) is 0. The Morgan fingerprint density at radius 1 is 1.12 bits per heavy atom.